The standard InChI is InChI=1S/C28H10N10/c29-11-16-1-5-18(6-2-16)25-36-26(19-7-3-17(12-30)4-8-19)38-28(37-25)21-9-10-23-24(22(21)15-33)35-27(34-23)20(13-31)14-32/h1-10H. The number of benzene rings is 3. The van der Waals surface area contributed by atoms with Crippen LogP contribution in [0.25, 0.3) is 34.2 Å². The molecule has 3 aromatic carbocycles. The van der Waals surface area contributed by atoms with E-state index in [1.165, 1.54) is 0 Å². The minimum atomic E-state index is -0.266. The van der Waals surface area contributed by atoms with E-state index in [0.29, 0.717) is 44.8 Å². The molecule has 1 aromatic heterocycles. The molecule has 1 aliphatic heterocycles. The first-order valence-electron chi connectivity index (χ1n) is 10.9. The first-order chi connectivity index (χ1) is 18.6. The molecule has 4 aromatic rings. The number of allylic oxidation sites excluding steroid dienone is 1. The molecule has 5 rings (SSSR count). The van der Waals surface area contributed by atoms with Crippen LogP contribution in [-0.2, 0) is 0 Å². The van der Waals surface area contributed by atoms with Gasteiger partial charge in [-0.1, -0.05) is 0 Å². The number of fused-ring (bicyclic) bond motifs is 1. The van der Waals surface area contributed by atoms with Crippen molar-refractivity contribution in [2.45, 2.75) is 0 Å². The summed E-state index contributed by atoms with van der Waals surface area (Å²) >= 11 is 0. The Morgan fingerprint density at radius 3 is 1.55 bits per heavy atom. The van der Waals surface area contributed by atoms with Crippen LogP contribution in [0.5, 0.6) is 0 Å². The van der Waals surface area contributed by atoms with Crippen LogP contribution in [0.2, 0.25) is 0 Å². The zero-order chi connectivity index (χ0) is 26.6. The lowest BCUT2D eigenvalue weighted by molar-refractivity contribution is 1.07. The molecule has 0 N–H and O–H groups in total. The SMILES string of the molecule is N#CC(C#N)=C1N=c2ccc(-c3nc(-c4ccc(C#N)cc4)nc(-c4ccc(C#N)cc4)n3)c(C#N)c2=N1. The van der Waals surface area contributed by atoms with E-state index < -0.39 is 0 Å². The van der Waals surface area contributed by atoms with Crippen LogP contribution in [0.4, 0.5) is 0 Å². The number of nitriles is 5. The fourth-order valence-electron chi connectivity index (χ4n) is 3.71. The summed E-state index contributed by atoms with van der Waals surface area (Å²) in [6, 6.07) is 26.4. The topological polar surface area (TPSA) is 182 Å². The third kappa shape index (κ3) is 4.08. The Bertz CT molecular complexity index is 1910. The maximum absolute atomic E-state index is 10.0. The van der Waals surface area contributed by atoms with Crippen molar-refractivity contribution in [2.75, 3.05) is 0 Å². The molecular formula is C28H10N10. The Morgan fingerprint density at radius 1 is 0.553 bits per heavy atom. The Labute approximate surface area is 215 Å². The normalized spacial score (nSPS) is 10.9. The van der Waals surface area contributed by atoms with E-state index in [0.717, 1.165) is 0 Å². The quantitative estimate of drug-likeness (QED) is 0.396. The van der Waals surface area contributed by atoms with Gasteiger partial charge in [-0.2, -0.15) is 26.3 Å². The molecule has 0 atom stereocenters. The summed E-state index contributed by atoms with van der Waals surface area (Å²) in [6.07, 6.45) is 0. The molecule has 0 radical (unpaired) electrons. The lowest BCUT2D eigenvalue weighted by Crippen LogP contribution is -2.25. The molecule has 0 aliphatic carbocycles. The van der Waals surface area contributed by atoms with Gasteiger partial charge < -0.3 is 0 Å². The summed E-state index contributed by atoms with van der Waals surface area (Å²) < 4.78 is 0. The molecule has 0 unspecified atom stereocenters. The van der Waals surface area contributed by atoms with Crippen molar-refractivity contribution < 1.29 is 0 Å². The lowest BCUT2D eigenvalue weighted by Gasteiger charge is -2.09. The summed E-state index contributed by atoms with van der Waals surface area (Å²) in [5.41, 5.74) is 2.42. The maximum Gasteiger partial charge on any atom is 0.182 e. The summed E-state index contributed by atoms with van der Waals surface area (Å²) in [7, 11) is 0. The van der Waals surface area contributed by atoms with Crippen molar-refractivity contribution in [1.29, 1.82) is 26.3 Å². The molecule has 0 spiro atoms. The van der Waals surface area contributed by atoms with E-state index in [4.69, 9.17) is 10.5 Å². The second-order valence-corrected chi connectivity index (χ2v) is 7.80. The van der Waals surface area contributed by atoms with E-state index in [9.17, 15) is 15.8 Å². The lowest BCUT2D eigenvalue weighted by atomic mass is 10.1. The highest BCUT2D eigenvalue weighted by molar-refractivity contribution is 5.70. The van der Waals surface area contributed by atoms with Crippen LogP contribution in [0.1, 0.15) is 16.7 Å². The van der Waals surface area contributed by atoms with Gasteiger partial charge in [0.2, 0.25) is 0 Å². The highest BCUT2D eigenvalue weighted by Crippen LogP contribution is 2.26. The number of nitrogens with zero attached hydrogens (tertiary/aromatic N) is 10. The summed E-state index contributed by atoms with van der Waals surface area (Å²) in [5.74, 6) is 0.737. The Kier molecular flexibility index (Phi) is 5.87. The van der Waals surface area contributed by atoms with Crippen LogP contribution in [0.15, 0.2) is 82.0 Å². The van der Waals surface area contributed by atoms with Gasteiger partial charge in [0.05, 0.1) is 34.2 Å². The van der Waals surface area contributed by atoms with Crippen LogP contribution < -0.4 is 10.7 Å². The molecule has 38 heavy (non-hydrogen) atoms. The zero-order valence-corrected chi connectivity index (χ0v) is 19.2. The molecule has 0 saturated carbocycles. The average molecular weight is 486 g/mol. The van der Waals surface area contributed by atoms with Crippen LogP contribution in [-0.4, -0.2) is 15.0 Å². The fourth-order valence-corrected chi connectivity index (χ4v) is 3.71. The first-order valence-corrected chi connectivity index (χ1v) is 10.9. The first kappa shape index (κ1) is 23.2. The molecule has 1 aliphatic rings. The predicted octanol–water partition coefficient (Wildman–Crippen LogP) is 3.00. The number of rotatable bonds is 3. The van der Waals surface area contributed by atoms with E-state index in [-0.39, 0.29) is 28.1 Å². The molecule has 0 fully saturated rings. The minimum Gasteiger partial charge on any atom is -0.225 e. The monoisotopic (exact) mass is 486 g/mol. The van der Waals surface area contributed by atoms with Crippen molar-refractivity contribution in [1.82, 2.24) is 15.0 Å². The van der Waals surface area contributed by atoms with Gasteiger partial charge in [-0.15, -0.1) is 0 Å². The molecule has 2 heterocycles. The van der Waals surface area contributed by atoms with Gasteiger partial charge in [0.25, 0.3) is 0 Å². The molecule has 0 bridgehead atoms. The second-order valence-electron chi connectivity index (χ2n) is 7.80. The summed E-state index contributed by atoms with van der Waals surface area (Å²) in [4.78, 5) is 22.3. The largest absolute Gasteiger partial charge is 0.225 e. The maximum atomic E-state index is 10.0. The molecular weight excluding hydrogens is 476 g/mol. The Hall–Kier alpha value is -6.54. The highest BCUT2D eigenvalue weighted by Gasteiger charge is 2.19. The molecule has 10 nitrogen and oxygen atoms in total. The minimum absolute atomic E-state index is 0.0640. The van der Waals surface area contributed by atoms with Crippen molar-refractivity contribution in [3.8, 4) is 64.5 Å². The van der Waals surface area contributed by atoms with E-state index >= 15 is 0 Å². The third-order valence-electron chi connectivity index (χ3n) is 5.58. The van der Waals surface area contributed by atoms with Crippen LogP contribution in [0, 0.1) is 56.7 Å². The van der Waals surface area contributed by atoms with E-state index in [2.05, 4.69) is 43.1 Å². The fraction of sp³-hybridized carbons (Fsp3) is 0. The summed E-state index contributed by atoms with van der Waals surface area (Å²) in [6.45, 7) is 0. The van der Waals surface area contributed by atoms with Gasteiger partial charge in [-0.3, -0.25) is 0 Å². The van der Waals surface area contributed by atoms with Crippen molar-refractivity contribution >= 4 is 0 Å². The Morgan fingerprint density at radius 2 is 1.08 bits per heavy atom. The van der Waals surface area contributed by atoms with Gasteiger partial charge in [-0.25, -0.2) is 24.9 Å². The van der Waals surface area contributed by atoms with Gasteiger partial charge in [0, 0.05) is 16.7 Å². The Balaban J connectivity index is 1.76. The van der Waals surface area contributed by atoms with E-state index in [1.807, 2.05) is 0 Å². The molecule has 10 heteroatoms. The number of hydrogen-bond donors (Lipinski definition) is 0. The second kappa shape index (κ2) is 9.61. The van der Waals surface area contributed by atoms with Crippen molar-refractivity contribution in [3.05, 3.63) is 99.5 Å². The van der Waals surface area contributed by atoms with Crippen LogP contribution >= 0.6 is 0 Å². The third-order valence-corrected chi connectivity index (χ3v) is 5.58. The number of hydrogen-bond acceptors (Lipinski definition) is 10. The average Bonchev–Trinajstić information content (AvgIpc) is 3.41. The summed E-state index contributed by atoms with van der Waals surface area (Å²) in [5, 5.41) is 47.3. The van der Waals surface area contributed by atoms with Gasteiger partial charge in [0.15, 0.2) is 28.9 Å². The molecule has 0 saturated heterocycles. The van der Waals surface area contributed by atoms with Crippen molar-refractivity contribution in [2.24, 2.45) is 9.98 Å². The van der Waals surface area contributed by atoms with Gasteiger partial charge in [0.1, 0.15) is 23.6 Å². The molecule has 172 valence electrons. The smallest absolute Gasteiger partial charge is 0.182 e. The zero-order valence-electron chi connectivity index (χ0n) is 19.2. The molecule has 0 amide bonds. The van der Waals surface area contributed by atoms with Gasteiger partial charge >= 0.3 is 0 Å². The van der Waals surface area contributed by atoms with Crippen molar-refractivity contribution in [3.63, 3.8) is 0 Å². The van der Waals surface area contributed by atoms with E-state index in [1.54, 1.807) is 72.8 Å². The number of aromatic nitrogens is 3. The predicted molar refractivity (Wildman–Crippen MR) is 131 cm³/mol. The van der Waals surface area contributed by atoms with Gasteiger partial charge in [-0.05, 0) is 60.7 Å². The highest BCUT2D eigenvalue weighted by atomic mass is 15.0. The van der Waals surface area contributed by atoms with Crippen LogP contribution in [0.3, 0.4) is 0 Å².